The van der Waals surface area contributed by atoms with Crippen molar-refractivity contribution in [1.82, 2.24) is 4.98 Å². The first-order chi connectivity index (χ1) is 8.92. The molecule has 0 amide bonds. The van der Waals surface area contributed by atoms with Gasteiger partial charge in [0, 0.05) is 5.56 Å². The van der Waals surface area contributed by atoms with Crippen LogP contribution in [0.3, 0.4) is 0 Å². The number of furan rings is 1. The van der Waals surface area contributed by atoms with Gasteiger partial charge < -0.3 is 8.83 Å². The highest BCUT2D eigenvalue weighted by atomic mass is 16.4. The first-order valence-corrected chi connectivity index (χ1v) is 5.47. The molecule has 2 aromatic heterocycles. The predicted molar refractivity (Wildman–Crippen MR) is 66.6 cm³/mol. The molecule has 3 heteroatoms. The highest BCUT2D eigenvalue weighted by molar-refractivity contribution is 5.50. The topological polar surface area (TPSA) is 39.2 Å². The van der Waals surface area contributed by atoms with E-state index in [0.717, 1.165) is 5.56 Å². The van der Waals surface area contributed by atoms with Gasteiger partial charge in [-0.3, -0.25) is 0 Å². The third kappa shape index (κ3) is 2.18. The Bertz CT molecular complexity index is 685. The summed E-state index contributed by atoms with van der Waals surface area (Å²) in [6, 6.07) is 13.4. The smallest absolute Gasteiger partial charge is 0.189 e. The van der Waals surface area contributed by atoms with Crippen molar-refractivity contribution in [2.75, 3.05) is 0 Å². The molecular formula is C15H9NO2. The first-order valence-electron chi connectivity index (χ1n) is 5.47. The minimum Gasteiger partial charge on any atom is -0.444 e. The van der Waals surface area contributed by atoms with Gasteiger partial charge in [0.25, 0.3) is 0 Å². The zero-order chi connectivity index (χ0) is 12.2. The quantitative estimate of drug-likeness (QED) is 0.607. The van der Waals surface area contributed by atoms with Gasteiger partial charge in [-0.2, -0.15) is 0 Å². The van der Waals surface area contributed by atoms with Crippen LogP contribution >= 0.6 is 0 Å². The zero-order valence-corrected chi connectivity index (χ0v) is 9.46. The van der Waals surface area contributed by atoms with Crippen molar-refractivity contribution >= 4 is 0 Å². The Morgan fingerprint density at radius 1 is 0.889 bits per heavy atom. The molecule has 18 heavy (non-hydrogen) atoms. The Hall–Kier alpha value is -2.73. The van der Waals surface area contributed by atoms with Crippen molar-refractivity contribution in [2.24, 2.45) is 0 Å². The van der Waals surface area contributed by atoms with Crippen molar-refractivity contribution in [1.29, 1.82) is 0 Å². The van der Waals surface area contributed by atoms with Crippen LogP contribution in [0, 0.1) is 11.8 Å². The molecule has 0 aliphatic heterocycles. The molecule has 0 atom stereocenters. The molecule has 1 aromatic carbocycles. The van der Waals surface area contributed by atoms with E-state index in [-0.39, 0.29) is 0 Å². The van der Waals surface area contributed by atoms with E-state index in [9.17, 15) is 0 Å². The normalized spacial score (nSPS) is 9.78. The average Bonchev–Trinajstić information content (AvgIpc) is 3.08. The monoisotopic (exact) mass is 235 g/mol. The third-order valence-corrected chi connectivity index (χ3v) is 2.38. The van der Waals surface area contributed by atoms with Crippen molar-refractivity contribution in [3.8, 4) is 23.4 Å². The molecule has 0 spiro atoms. The molecule has 0 unspecified atom stereocenters. The molecule has 2 heterocycles. The minimum atomic E-state index is 0.600. The van der Waals surface area contributed by atoms with Gasteiger partial charge in [0.1, 0.15) is 0 Å². The fraction of sp³-hybridized carbons (Fsp3) is 0. The largest absolute Gasteiger partial charge is 0.444 e. The van der Waals surface area contributed by atoms with Gasteiger partial charge in [0.15, 0.2) is 23.7 Å². The number of rotatable bonds is 1. The minimum absolute atomic E-state index is 0.600. The number of benzene rings is 1. The molecular weight excluding hydrogens is 226 g/mol. The van der Waals surface area contributed by atoms with E-state index in [1.807, 2.05) is 42.5 Å². The molecule has 0 N–H and O–H groups in total. The average molecular weight is 235 g/mol. The van der Waals surface area contributed by atoms with Crippen LogP contribution in [-0.2, 0) is 0 Å². The summed E-state index contributed by atoms with van der Waals surface area (Å²) < 4.78 is 10.7. The molecule has 86 valence electrons. The van der Waals surface area contributed by atoms with Gasteiger partial charge in [-0.1, -0.05) is 24.1 Å². The molecule has 3 rings (SSSR count). The highest BCUT2D eigenvalue weighted by Gasteiger charge is 2.05. The molecule has 3 nitrogen and oxygen atoms in total. The van der Waals surface area contributed by atoms with Gasteiger partial charge in [-0.15, -0.1) is 0 Å². The van der Waals surface area contributed by atoms with Crippen molar-refractivity contribution < 1.29 is 8.83 Å². The Morgan fingerprint density at radius 2 is 1.78 bits per heavy atom. The molecule has 0 aliphatic carbocycles. The lowest BCUT2D eigenvalue weighted by atomic mass is 10.2. The second kappa shape index (κ2) is 4.64. The van der Waals surface area contributed by atoms with Crippen LogP contribution in [0.2, 0.25) is 0 Å². The van der Waals surface area contributed by atoms with Crippen LogP contribution in [0.25, 0.3) is 11.5 Å². The molecule has 3 aromatic rings. The molecule has 0 radical (unpaired) electrons. The van der Waals surface area contributed by atoms with Gasteiger partial charge in [0.05, 0.1) is 6.20 Å². The number of hydrogen-bond donors (Lipinski definition) is 0. The molecule has 0 saturated heterocycles. The highest BCUT2D eigenvalue weighted by Crippen LogP contribution is 2.20. The van der Waals surface area contributed by atoms with E-state index in [1.54, 1.807) is 6.20 Å². The lowest BCUT2D eigenvalue weighted by molar-refractivity contribution is 0.515. The lowest BCUT2D eigenvalue weighted by Gasteiger charge is -1.87. The summed E-state index contributed by atoms with van der Waals surface area (Å²) in [5, 5.41) is 0. The van der Waals surface area contributed by atoms with E-state index >= 15 is 0 Å². The van der Waals surface area contributed by atoms with E-state index in [4.69, 9.17) is 8.83 Å². The second-order valence-electron chi connectivity index (χ2n) is 3.65. The third-order valence-electron chi connectivity index (χ3n) is 2.38. The Kier molecular flexibility index (Phi) is 2.69. The van der Waals surface area contributed by atoms with Crippen molar-refractivity contribution in [3.63, 3.8) is 0 Å². The molecule has 0 bridgehead atoms. The second-order valence-corrected chi connectivity index (χ2v) is 3.65. The maximum absolute atomic E-state index is 5.54. The molecule has 0 aliphatic rings. The standard InChI is InChI=1S/C15H9NO2/c1-2-4-12(5-3-1)6-7-13-8-9-14(18-13)15-10-16-11-17-15/h1-5,8-11H. The number of oxazole rings is 1. The Balaban J connectivity index is 1.85. The predicted octanol–water partition coefficient (Wildman–Crippen LogP) is 3.33. The van der Waals surface area contributed by atoms with Crippen LogP contribution in [0.5, 0.6) is 0 Å². The maximum atomic E-state index is 5.54. The van der Waals surface area contributed by atoms with Crippen LogP contribution in [0.1, 0.15) is 11.3 Å². The lowest BCUT2D eigenvalue weighted by Crippen LogP contribution is -1.71. The SMILES string of the molecule is C(#Cc1ccc(-c2cnco2)o1)c1ccccc1. The fourth-order valence-corrected chi connectivity index (χ4v) is 1.53. The molecule has 0 saturated carbocycles. The summed E-state index contributed by atoms with van der Waals surface area (Å²) in [4.78, 5) is 3.84. The fourth-order valence-electron chi connectivity index (χ4n) is 1.53. The maximum Gasteiger partial charge on any atom is 0.189 e. The summed E-state index contributed by atoms with van der Waals surface area (Å²) in [7, 11) is 0. The van der Waals surface area contributed by atoms with E-state index < -0.39 is 0 Å². The van der Waals surface area contributed by atoms with Crippen LogP contribution < -0.4 is 0 Å². The van der Waals surface area contributed by atoms with Crippen LogP contribution in [-0.4, -0.2) is 4.98 Å². The molecule has 0 fully saturated rings. The summed E-state index contributed by atoms with van der Waals surface area (Å²) in [5.41, 5.74) is 0.954. The van der Waals surface area contributed by atoms with Crippen molar-refractivity contribution in [2.45, 2.75) is 0 Å². The van der Waals surface area contributed by atoms with E-state index in [2.05, 4.69) is 16.8 Å². The summed E-state index contributed by atoms with van der Waals surface area (Å²) in [5.74, 6) is 7.83. The van der Waals surface area contributed by atoms with Crippen molar-refractivity contribution in [3.05, 3.63) is 66.4 Å². The van der Waals surface area contributed by atoms with Crippen LogP contribution in [0.4, 0.5) is 0 Å². The summed E-state index contributed by atoms with van der Waals surface area (Å²) >= 11 is 0. The summed E-state index contributed by atoms with van der Waals surface area (Å²) in [6.07, 6.45) is 2.97. The number of hydrogen-bond acceptors (Lipinski definition) is 3. The van der Waals surface area contributed by atoms with Gasteiger partial charge >= 0.3 is 0 Å². The number of nitrogens with zero attached hydrogens (tertiary/aromatic N) is 1. The summed E-state index contributed by atoms with van der Waals surface area (Å²) in [6.45, 7) is 0. The first kappa shape index (κ1) is 10.4. The van der Waals surface area contributed by atoms with Gasteiger partial charge in [-0.25, -0.2) is 4.98 Å². The Morgan fingerprint density at radius 3 is 2.56 bits per heavy atom. The number of aromatic nitrogens is 1. The van der Waals surface area contributed by atoms with E-state index in [1.165, 1.54) is 6.39 Å². The van der Waals surface area contributed by atoms with Gasteiger partial charge in [-0.05, 0) is 30.2 Å². The van der Waals surface area contributed by atoms with Gasteiger partial charge in [0.2, 0.25) is 0 Å². The van der Waals surface area contributed by atoms with Crippen LogP contribution in [0.15, 0.2) is 63.9 Å². The Labute approximate surface area is 104 Å². The zero-order valence-electron chi connectivity index (χ0n) is 9.46. The van der Waals surface area contributed by atoms with E-state index in [0.29, 0.717) is 17.3 Å².